The van der Waals surface area contributed by atoms with E-state index in [2.05, 4.69) is 91.5 Å². The molecule has 3 N–H and O–H groups in total. The molecule has 6 fully saturated rings. The number of hydrogen-bond acceptors (Lipinski definition) is 11. The highest BCUT2D eigenvalue weighted by molar-refractivity contribution is 6.74. The van der Waals surface area contributed by atoms with Gasteiger partial charge < -0.3 is 33.5 Å². The molecule has 2 saturated carbocycles. The molecule has 0 aromatic carbocycles. The van der Waals surface area contributed by atoms with Crippen molar-refractivity contribution in [3.8, 4) is 0 Å². The van der Waals surface area contributed by atoms with Gasteiger partial charge in [0.2, 0.25) is 0 Å². The SMILES string of the molecule is Cc1cn([C@@H]2O[C@@]3(C4(C)CC4)COC2[C@H]3O[Si](C)(C)C(C)(C)C)c(=O)[nH]c1=O.Cc1cn([C@@H]2O[C@@]3(C4(C)CC4)COC2[C@H]3O[Si](C)(C)C(C)(C)C)c(=O)nc1N. The fraction of sp³-hybridized carbons (Fsp3) is 0.800. The molecule has 0 radical (unpaired) electrons. The number of aryl methyl sites for hydroxylation is 2. The van der Waals surface area contributed by atoms with Gasteiger partial charge in [-0.3, -0.25) is 18.9 Å². The number of nitrogen functional groups attached to an aromatic ring is 1. The molecule has 56 heavy (non-hydrogen) atoms. The zero-order valence-corrected chi connectivity index (χ0v) is 38.0. The topological polar surface area (TPSA) is 171 Å². The Balaban J connectivity index is 0.000000172. The molecule has 4 saturated heterocycles. The van der Waals surface area contributed by atoms with Crippen molar-refractivity contribution in [3.63, 3.8) is 0 Å². The van der Waals surface area contributed by atoms with Gasteiger partial charge in [-0.15, -0.1) is 0 Å². The summed E-state index contributed by atoms with van der Waals surface area (Å²) >= 11 is 0. The molecule has 8 atom stereocenters. The number of H-pyrrole nitrogens is 1. The number of nitrogens with two attached hydrogens (primary N) is 1. The average molecular weight is 816 g/mol. The Morgan fingerprint density at radius 3 is 1.57 bits per heavy atom. The first-order valence-electron chi connectivity index (χ1n) is 20.2. The summed E-state index contributed by atoms with van der Waals surface area (Å²) in [6.07, 6.45) is 5.36. The van der Waals surface area contributed by atoms with Crippen LogP contribution in [0.25, 0.3) is 0 Å². The summed E-state index contributed by atoms with van der Waals surface area (Å²) in [6, 6.07) is 0. The highest BCUT2D eigenvalue weighted by Gasteiger charge is 2.75. The van der Waals surface area contributed by atoms with Gasteiger partial charge in [0.25, 0.3) is 5.56 Å². The highest BCUT2D eigenvalue weighted by Crippen LogP contribution is 2.66. The molecule has 6 heterocycles. The van der Waals surface area contributed by atoms with E-state index in [1.54, 1.807) is 19.3 Å². The van der Waals surface area contributed by atoms with E-state index < -0.39 is 51.7 Å². The third kappa shape index (κ3) is 6.39. The first kappa shape index (κ1) is 41.7. The number of aromatic amines is 1. The van der Waals surface area contributed by atoms with E-state index in [4.69, 9.17) is 33.5 Å². The van der Waals surface area contributed by atoms with Crippen LogP contribution in [0.4, 0.5) is 5.82 Å². The second-order valence-corrected chi connectivity index (χ2v) is 30.6. The van der Waals surface area contributed by atoms with Crippen molar-refractivity contribution in [2.45, 2.75) is 179 Å². The molecule has 4 aliphatic heterocycles. The van der Waals surface area contributed by atoms with Crippen LogP contribution in [0.5, 0.6) is 0 Å². The van der Waals surface area contributed by atoms with Crippen LogP contribution in [-0.4, -0.2) is 84.6 Å². The molecule has 0 spiro atoms. The number of fused-ring (bicyclic) bond motifs is 4. The smallest absolute Gasteiger partial charge is 0.351 e. The van der Waals surface area contributed by atoms with Crippen LogP contribution in [0.15, 0.2) is 26.8 Å². The average Bonchev–Trinajstić information content (AvgIpc) is 3.89. The summed E-state index contributed by atoms with van der Waals surface area (Å²) < 4.78 is 42.5. The van der Waals surface area contributed by atoms with Gasteiger partial charge in [-0.2, -0.15) is 4.98 Å². The molecule has 6 aliphatic rings. The van der Waals surface area contributed by atoms with Crippen LogP contribution < -0.4 is 22.7 Å². The summed E-state index contributed by atoms with van der Waals surface area (Å²) in [5, 5.41) is 0.133. The Labute approximate surface area is 332 Å². The number of ether oxygens (including phenoxy) is 4. The number of nitrogens with zero attached hydrogens (tertiary/aromatic N) is 3. The van der Waals surface area contributed by atoms with Crippen LogP contribution in [0.2, 0.25) is 36.3 Å². The lowest BCUT2D eigenvalue weighted by atomic mass is 9.83. The van der Waals surface area contributed by atoms with Crippen molar-refractivity contribution in [2.24, 2.45) is 10.8 Å². The number of nitrogens with one attached hydrogen (secondary N) is 1. The summed E-state index contributed by atoms with van der Waals surface area (Å²) in [5.74, 6) is 0.253. The normalized spacial score (nSPS) is 34.0. The standard InChI is InChI=1S/C20H33N3O4Si.C20H32N2O5Si/c1-12-10-23(17(24)22-15(12)21)16-13-14(27-28(6,7)18(2,3)4)20(26-16,11-25-13)19(5)8-9-19;1-12-10-22(17(24)21-15(12)23)16-13-14(27-28(6,7)18(2,3)4)20(26-16,11-25-13)19(5)8-9-19/h10,13-14,16H,8-9,11H2,1-7H3,(H2,21,22,24);10,13-14,16H,8-9,11H2,1-7H3,(H,21,23,24)/t2*13?,14-,16-,20+/m11/s1. The summed E-state index contributed by atoms with van der Waals surface area (Å²) in [7, 11) is -4.14. The summed E-state index contributed by atoms with van der Waals surface area (Å²) in [4.78, 5) is 43.2. The summed E-state index contributed by atoms with van der Waals surface area (Å²) in [5.41, 5.74) is 4.71. The van der Waals surface area contributed by atoms with Gasteiger partial charge in [-0.05, 0) is 75.8 Å². The number of anilines is 1. The van der Waals surface area contributed by atoms with Crippen molar-refractivity contribution in [1.82, 2.24) is 19.1 Å². The molecule has 2 aromatic rings. The lowest BCUT2D eigenvalue weighted by molar-refractivity contribution is -0.198. The molecule has 2 aliphatic carbocycles. The minimum Gasteiger partial charge on any atom is -0.408 e. The molecular weight excluding hydrogens is 751 g/mol. The quantitative estimate of drug-likeness (QED) is 0.314. The van der Waals surface area contributed by atoms with Gasteiger partial charge in [0.05, 0.1) is 13.2 Å². The molecule has 4 bridgehead atoms. The molecule has 8 rings (SSSR count). The maximum atomic E-state index is 12.6. The molecular formula is C40H65N5O9Si2. The van der Waals surface area contributed by atoms with Crippen molar-refractivity contribution in [1.29, 1.82) is 0 Å². The van der Waals surface area contributed by atoms with Gasteiger partial charge in [-0.25, -0.2) is 9.59 Å². The zero-order chi connectivity index (χ0) is 41.4. The minimum atomic E-state index is -2.08. The lowest BCUT2D eigenvalue weighted by Crippen LogP contribution is -2.54. The minimum absolute atomic E-state index is 0.00955. The van der Waals surface area contributed by atoms with E-state index in [1.165, 1.54) is 9.13 Å². The van der Waals surface area contributed by atoms with E-state index in [0.717, 1.165) is 31.2 Å². The van der Waals surface area contributed by atoms with Crippen LogP contribution in [0.1, 0.15) is 105 Å². The Hall–Kier alpha value is -2.45. The van der Waals surface area contributed by atoms with Gasteiger partial charge >= 0.3 is 11.4 Å². The molecule has 312 valence electrons. The molecule has 2 unspecified atom stereocenters. The predicted molar refractivity (Wildman–Crippen MR) is 218 cm³/mol. The van der Waals surface area contributed by atoms with Gasteiger partial charge in [-0.1, -0.05) is 55.4 Å². The second-order valence-electron chi connectivity index (χ2n) is 21.0. The highest BCUT2D eigenvalue weighted by atomic mass is 28.4. The Bertz CT molecular complexity index is 2060. The second kappa shape index (κ2) is 13.0. The summed E-state index contributed by atoms with van der Waals surface area (Å²) in [6.45, 7) is 31.3. The number of hydrogen-bond donors (Lipinski definition) is 2. The van der Waals surface area contributed by atoms with Crippen molar-refractivity contribution in [3.05, 3.63) is 54.8 Å². The Morgan fingerprint density at radius 1 is 0.750 bits per heavy atom. The van der Waals surface area contributed by atoms with Gasteiger partial charge in [0, 0.05) is 34.4 Å². The van der Waals surface area contributed by atoms with Crippen LogP contribution in [-0.2, 0) is 27.8 Å². The maximum Gasteiger partial charge on any atom is 0.351 e. The lowest BCUT2D eigenvalue weighted by Gasteiger charge is -2.43. The molecule has 0 amide bonds. The van der Waals surface area contributed by atoms with Gasteiger partial charge in [0.15, 0.2) is 29.1 Å². The van der Waals surface area contributed by atoms with Crippen LogP contribution in [0, 0.1) is 24.7 Å². The monoisotopic (exact) mass is 815 g/mol. The van der Waals surface area contributed by atoms with E-state index in [9.17, 15) is 14.4 Å². The molecule has 14 nitrogen and oxygen atoms in total. The molecule has 2 aromatic heterocycles. The van der Waals surface area contributed by atoms with E-state index in [0.29, 0.717) is 18.8 Å². The van der Waals surface area contributed by atoms with E-state index in [-0.39, 0.29) is 56.7 Å². The number of aromatic nitrogens is 4. The van der Waals surface area contributed by atoms with Crippen molar-refractivity contribution >= 4 is 22.5 Å². The van der Waals surface area contributed by atoms with Crippen LogP contribution >= 0.6 is 0 Å². The Morgan fingerprint density at radius 2 is 1.16 bits per heavy atom. The van der Waals surface area contributed by atoms with Gasteiger partial charge in [0.1, 0.15) is 41.4 Å². The predicted octanol–water partition coefficient (Wildman–Crippen LogP) is 5.69. The maximum absolute atomic E-state index is 12.6. The third-order valence-electron chi connectivity index (χ3n) is 15.1. The fourth-order valence-electron chi connectivity index (χ4n) is 8.36. The molecule has 16 heteroatoms. The van der Waals surface area contributed by atoms with E-state index >= 15 is 0 Å². The van der Waals surface area contributed by atoms with Crippen molar-refractivity contribution < 1.29 is 27.8 Å². The largest absolute Gasteiger partial charge is 0.408 e. The third-order valence-corrected chi connectivity index (χ3v) is 24.0. The fourth-order valence-corrected chi connectivity index (χ4v) is 11.0. The van der Waals surface area contributed by atoms with Crippen LogP contribution in [0.3, 0.4) is 0 Å². The first-order chi connectivity index (χ1) is 25.6. The number of rotatable bonds is 8. The Kier molecular flexibility index (Phi) is 9.70. The zero-order valence-electron chi connectivity index (χ0n) is 36.0. The van der Waals surface area contributed by atoms with E-state index in [1.807, 2.05) is 6.92 Å². The van der Waals surface area contributed by atoms with Crippen molar-refractivity contribution in [2.75, 3.05) is 18.9 Å². The first-order valence-corrected chi connectivity index (χ1v) is 26.1.